The number of ether oxygens (including phenoxy) is 3. The van der Waals surface area contributed by atoms with Crippen LogP contribution < -0.4 is 24.4 Å². The summed E-state index contributed by atoms with van der Waals surface area (Å²) in [6.07, 6.45) is 1.62. The number of para-hydroxylation sites is 1. The topological polar surface area (TPSA) is 116 Å². The molecule has 0 radical (unpaired) electrons. The van der Waals surface area contributed by atoms with E-state index >= 15 is 0 Å². The van der Waals surface area contributed by atoms with E-state index in [4.69, 9.17) is 19.3 Å². The van der Waals surface area contributed by atoms with E-state index in [-0.39, 0.29) is 23.8 Å². The number of thiazole rings is 1. The van der Waals surface area contributed by atoms with Gasteiger partial charge >= 0.3 is 11.9 Å². The molecule has 1 aliphatic rings. The number of carbonyl (C=O) groups is 2. The number of allylic oxidation sites excluding steroid dienone is 1. The van der Waals surface area contributed by atoms with Crippen LogP contribution in [0.4, 0.5) is 0 Å². The Bertz CT molecular complexity index is 1640. The first kappa shape index (κ1) is 28.6. The summed E-state index contributed by atoms with van der Waals surface area (Å²) in [5, 5.41) is 8.87. The second kappa shape index (κ2) is 12.2. The van der Waals surface area contributed by atoms with E-state index in [1.54, 1.807) is 38.1 Å². The summed E-state index contributed by atoms with van der Waals surface area (Å²) in [6.45, 7) is 7.03. The molecule has 1 aromatic heterocycles. The van der Waals surface area contributed by atoms with Gasteiger partial charge in [0.2, 0.25) is 0 Å². The number of hydrogen-bond acceptors (Lipinski definition) is 8. The zero-order valence-corrected chi connectivity index (χ0v) is 24.7. The monoisotopic (exact) mass is 662 g/mol. The molecular weight excluding hydrogens is 635 g/mol. The Morgan fingerprint density at radius 2 is 1.95 bits per heavy atom. The van der Waals surface area contributed by atoms with Crippen molar-refractivity contribution in [1.82, 2.24) is 4.57 Å². The predicted octanol–water partition coefficient (Wildman–Crippen LogP) is 3.65. The Labute approximate surface area is 242 Å². The van der Waals surface area contributed by atoms with Crippen molar-refractivity contribution in [3.05, 3.63) is 88.1 Å². The van der Waals surface area contributed by atoms with Crippen molar-refractivity contribution < 1.29 is 28.9 Å². The van der Waals surface area contributed by atoms with Crippen LogP contribution in [-0.4, -0.2) is 40.9 Å². The summed E-state index contributed by atoms with van der Waals surface area (Å²) in [5.41, 5.74) is 1.84. The van der Waals surface area contributed by atoms with Gasteiger partial charge in [-0.3, -0.25) is 9.36 Å². The van der Waals surface area contributed by atoms with Gasteiger partial charge in [0, 0.05) is 5.56 Å². The molecule has 0 amide bonds. The Hall–Kier alpha value is -3.45. The maximum atomic E-state index is 13.9. The van der Waals surface area contributed by atoms with E-state index in [1.807, 2.05) is 38.1 Å². The number of carboxylic acids is 1. The number of nitrogens with zero attached hydrogens (tertiary/aromatic N) is 2. The van der Waals surface area contributed by atoms with Crippen LogP contribution in [0.3, 0.4) is 0 Å². The van der Waals surface area contributed by atoms with E-state index in [0.29, 0.717) is 35.7 Å². The van der Waals surface area contributed by atoms with Gasteiger partial charge in [0.1, 0.15) is 17.5 Å². The predicted molar refractivity (Wildman–Crippen MR) is 155 cm³/mol. The lowest BCUT2D eigenvalue weighted by Crippen LogP contribution is -2.40. The van der Waals surface area contributed by atoms with Crippen LogP contribution in [0.15, 0.2) is 63.5 Å². The molecule has 0 unspecified atom stereocenters. The summed E-state index contributed by atoms with van der Waals surface area (Å²) in [6, 6.07) is 11.8. The van der Waals surface area contributed by atoms with E-state index < -0.39 is 24.6 Å². The van der Waals surface area contributed by atoms with Crippen molar-refractivity contribution in [2.24, 2.45) is 4.99 Å². The third-order valence-electron chi connectivity index (χ3n) is 5.70. The van der Waals surface area contributed by atoms with E-state index in [9.17, 15) is 14.4 Å². The Kier molecular flexibility index (Phi) is 8.90. The molecule has 0 saturated heterocycles. The normalized spacial score (nSPS) is 15.1. The minimum atomic E-state index is -1.07. The molecule has 11 heteroatoms. The van der Waals surface area contributed by atoms with Crippen LogP contribution in [0.25, 0.3) is 6.08 Å². The summed E-state index contributed by atoms with van der Waals surface area (Å²) in [5.74, 6) is -0.601. The second-order valence-corrected chi connectivity index (χ2v) is 11.1. The first-order chi connectivity index (χ1) is 18.6. The van der Waals surface area contributed by atoms with Crippen molar-refractivity contribution in [2.45, 2.75) is 39.8 Å². The van der Waals surface area contributed by atoms with Crippen molar-refractivity contribution in [1.29, 1.82) is 0 Å². The number of rotatable bonds is 9. The molecular formula is C28H27IN2O7S. The van der Waals surface area contributed by atoms with Gasteiger partial charge in [-0.2, -0.15) is 0 Å². The average Bonchev–Trinajstić information content (AvgIpc) is 3.17. The number of benzene rings is 2. The van der Waals surface area contributed by atoms with Gasteiger partial charge in [0.05, 0.1) is 32.1 Å². The highest BCUT2D eigenvalue weighted by molar-refractivity contribution is 14.1. The fourth-order valence-electron chi connectivity index (χ4n) is 4.17. The largest absolute Gasteiger partial charge is 0.491 e. The van der Waals surface area contributed by atoms with Crippen LogP contribution in [0.2, 0.25) is 0 Å². The molecule has 3 aromatic rings. The van der Waals surface area contributed by atoms with Crippen molar-refractivity contribution in [3.8, 4) is 11.5 Å². The Balaban J connectivity index is 1.88. The molecule has 0 fully saturated rings. The molecule has 1 N–H and O–H groups in total. The number of hydrogen-bond donors (Lipinski definition) is 1. The summed E-state index contributed by atoms with van der Waals surface area (Å²) >= 11 is 3.28. The van der Waals surface area contributed by atoms with E-state index in [0.717, 1.165) is 5.56 Å². The standard InChI is InChI=1S/C28H27IN2O7S/c1-5-36-27(35)24-16(4)30-28-31(25(24)18-8-6-7-9-20(18)38-15(2)3)26(34)22(39-28)13-17-10-11-21(19(29)12-17)37-14-23(32)33/h6-13,15,25H,5,14H2,1-4H3,(H,32,33)/b22-13+/t25-/m0/s1. The molecule has 2 aromatic carbocycles. The lowest BCUT2D eigenvalue weighted by molar-refractivity contribution is -0.140. The first-order valence-corrected chi connectivity index (χ1v) is 14.1. The SMILES string of the molecule is CCOC(=O)C1=C(C)N=c2s/c(=C/c3ccc(OCC(=O)O)c(I)c3)c(=O)n2[C@H]1c1ccccc1OC(C)C. The minimum absolute atomic E-state index is 0.122. The summed E-state index contributed by atoms with van der Waals surface area (Å²) in [4.78, 5) is 42.9. The Morgan fingerprint density at radius 1 is 1.21 bits per heavy atom. The van der Waals surface area contributed by atoms with Crippen LogP contribution in [0, 0.1) is 3.57 Å². The molecule has 2 heterocycles. The fourth-order valence-corrected chi connectivity index (χ4v) is 5.91. The van der Waals surface area contributed by atoms with Gasteiger partial charge < -0.3 is 19.3 Å². The maximum Gasteiger partial charge on any atom is 0.341 e. The summed E-state index contributed by atoms with van der Waals surface area (Å²) in [7, 11) is 0. The molecule has 1 atom stereocenters. The zero-order chi connectivity index (χ0) is 28.3. The van der Waals surface area contributed by atoms with Crippen LogP contribution >= 0.6 is 33.9 Å². The van der Waals surface area contributed by atoms with E-state index in [1.165, 1.54) is 15.9 Å². The number of aromatic nitrogens is 1. The number of aliphatic carboxylic acids is 1. The molecule has 0 bridgehead atoms. The highest BCUT2D eigenvalue weighted by Crippen LogP contribution is 2.36. The number of halogens is 1. The highest BCUT2D eigenvalue weighted by atomic mass is 127. The van der Waals surface area contributed by atoms with Gasteiger partial charge in [0.15, 0.2) is 11.4 Å². The first-order valence-electron chi connectivity index (χ1n) is 12.2. The average molecular weight is 663 g/mol. The third kappa shape index (κ3) is 6.25. The van der Waals surface area contributed by atoms with Gasteiger partial charge in [-0.05, 0) is 80.1 Å². The molecule has 4 rings (SSSR count). The van der Waals surface area contributed by atoms with Crippen molar-refractivity contribution in [3.63, 3.8) is 0 Å². The van der Waals surface area contributed by atoms with Gasteiger partial charge in [-0.1, -0.05) is 35.6 Å². The smallest absolute Gasteiger partial charge is 0.341 e. The molecule has 1 aliphatic heterocycles. The van der Waals surface area contributed by atoms with E-state index in [2.05, 4.69) is 27.6 Å². The molecule has 9 nitrogen and oxygen atoms in total. The molecule has 0 spiro atoms. The third-order valence-corrected chi connectivity index (χ3v) is 7.52. The molecule has 39 heavy (non-hydrogen) atoms. The van der Waals surface area contributed by atoms with Crippen molar-refractivity contribution in [2.75, 3.05) is 13.2 Å². The second-order valence-electron chi connectivity index (χ2n) is 8.88. The number of carboxylic acid groups (broad SMARTS) is 1. The molecule has 0 aliphatic carbocycles. The lowest BCUT2D eigenvalue weighted by Gasteiger charge is -2.26. The molecule has 0 saturated carbocycles. The van der Waals surface area contributed by atoms with Crippen LogP contribution in [-0.2, 0) is 14.3 Å². The minimum Gasteiger partial charge on any atom is -0.491 e. The fraction of sp³-hybridized carbons (Fsp3) is 0.286. The Morgan fingerprint density at radius 3 is 2.62 bits per heavy atom. The van der Waals surface area contributed by atoms with Gasteiger partial charge in [-0.25, -0.2) is 14.6 Å². The van der Waals surface area contributed by atoms with Gasteiger partial charge in [0.25, 0.3) is 5.56 Å². The quantitative estimate of drug-likeness (QED) is 0.275. The highest BCUT2D eigenvalue weighted by Gasteiger charge is 2.35. The lowest BCUT2D eigenvalue weighted by atomic mass is 9.95. The molecule has 204 valence electrons. The summed E-state index contributed by atoms with van der Waals surface area (Å²) < 4.78 is 19.4. The number of fused-ring (bicyclic) bond motifs is 1. The number of carbonyl (C=O) groups excluding carboxylic acids is 1. The van der Waals surface area contributed by atoms with Crippen LogP contribution in [0.5, 0.6) is 11.5 Å². The van der Waals surface area contributed by atoms with Gasteiger partial charge in [-0.15, -0.1) is 0 Å². The zero-order valence-electron chi connectivity index (χ0n) is 21.8. The maximum absolute atomic E-state index is 13.9. The van der Waals surface area contributed by atoms with Crippen LogP contribution in [0.1, 0.15) is 44.9 Å². The number of esters is 1. The van der Waals surface area contributed by atoms with Crippen molar-refractivity contribution >= 4 is 51.9 Å².